The van der Waals surface area contributed by atoms with Gasteiger partial charge in [-0.1, -0.05) is 11.6 Å². The highest BCUT2D eigenvalue weighted by Gasteiger charge is 2.10. The molecule has 0 radical (unpaired) electrons. The summed E-state index contributed by atoms with van der Waals surface area (Å²) in [5, 5.41) is 4.10. The molecular formula is C9H8ClNS2. The third-order valence-corrected chi connectivity index (χ3v) is 3.82. The lowest BCUT2D eigenvalue weighted by atomic mass is 10.1. The summed E-state index contributed by atoms with van der Waals surface area (Å²) in [5.41, 5.74) is 7.19. The lowest BCUT2D eigenvalue weighted by Gasteiger charge is -2.05. The van der Waals surface area contributed by atoms with Crippen LogP contribution in [0.1, 0.15) is 16.5 Å². The molecule has 1 nitrogen and oxygen atoms in total. The zero-order chi connectivity index (χ0) is 9.26. The van der Waals surface area contributed by atoms with Crippen molar-refractivity contribution >= 4 is 34.3 Å². The van der Waals surface area contributed by atoms with Gasteiger partial charge in [-0.05, 0) is 34.5 Å². The maximum absolute atomic E-state index is 6.03. The van der Waals surface area contributed by atoms with Crippen LogP contribution in [0, 0.1) is 0 Å². The SMILES string of the molecule is N[C@H](c1ccsc1)c1ccc(Cl)s1. The van der Waals surface area contributed by atoms with Crippen LogP contribution in [0.3, 0.4) is 0 Å². The van der Waals surface area contributed by atoms with Gasteiger partial charge in [-0.3, -0.25) is 0 Å². The molecule has 0 amide bonds. The summed E-state index contributed by atoms with van der Waals surface area (Å²) in [6, 6.07) is 5.88. The smallest absolute Gasteiger partial charge is 0.0931 e. The predicted molar refractivity (Wildman–Crippen MR) is 59.7 cm³/mol. The number of halogens is 1. The van der Waals surface area contributed by atoms with Crippen molar-refractivity contribution in [2.45, 2.75) is 6.04 Å². The zero-order valence-electron chi connectivity index (χ0n) is 6.74. The van der Waals surface area contributed by atoms with E-state index in [1.54, 1.807) is 11.3 Å². The average Bonchev–Trinajstić information content (AvgIpc) is 2.72. The molecule has 0 aromatic carbocycles. The summed E-state index contributed by atoms with van der Waals surface area (Å²) in [6.45, 7) is 0. The van der Waals surface area contributed by atoms with Gasteiger partial charge in [0, 0.05) is 4.88 Å². The van der Waals surface area contributed by atoms with Crippen LogP contribution in [0.25, 0.3) is 0 Å². The van der Waals surface area contributed by atoms with Gasteiger partial charge in [-0.25, -0.2) is 0 Å². The van der Waals surface area contributed by atoms with E-state index in [1.165, 1.54) is 11.3 Å². The Morgan fingerprint density at radius 1 is 1.31 bits per heavy atom. The minimum Gasteiger partial charge on any atom is -0.320 e. The van der Waals surface area contributed by atoms with Crippen LogP contribution >= 0.6 is 34.3 Å². The van der Waals surface area contributed by atoms with Crippen LogP contribution in [0.5, 0.6) is 0 Å². The number of hydrogen-bond acceptors (Lipinski definition) is 3. The van der Waals surface area contributed by atoms with Crippen LogP contribution in [0.4, 0.5) is 0 Å². The van der Waals surface area contributed by atoms with Gasteiger partial charge in [0.25, 0.3) is 0 Å². The number of nitrogens with two attached hydrogens (primary N) is 1. The largest absolute Gasteiger partial charge is 0.320 e. The fourth-order valence-corrected chi connectivity index (χ4v) is 2.90. The van der Waals surface area contributed by atoms with Gasteiger partial charge in [0.2, 0.25) is 0 Å². The van der Waals surface area contributed by atoms with Crippen molar-refractivity contribution in [3.63, 3.8) is 0 Å². The number of thiophene rings is 2. The van der Waals surface area contributed by atoms with E-state index in [0.29, 0.717) is 0 Å². The van der Waals surface area contributed by atoms with Crippen molar-refractivity contribution in [3.05, 3.63) is 43.7 Å². The molecule has 1 atom stereocenters. The van der Waals surface area contributed by atoms with E-state index < -0.39 is 0 Å². The Kier molecular flexibility index (Phi) is 2.69. The minimum atomic E-state index is -0.0243. The lowest BCUT2D eigenvalue weighted by Crippen LogP contribution is -2.08. The molecule has 2 rings (SSSR count). The molecule has 0 aliphatic carbocycles. The summed E-state index contributed by atoms with van der Waals surface area (Å²) in [6.07, 6.45) is 0. The standard InChI is InChI=1S/C9H8ClNS2/c10-8-2-1-7(13-8)9(11)6-3-4-12-5-6/h1-5,9H,11H2/t9-/m1/s1. The maximum atomic E-state index is 6.03. The van der Waals surface area contributed by atoms with Crippen molar-refractivity contribution < 1.29 is 0 Å². The molecule has 0 fully saturated rings. The average molecular weight is 230 g/mol. The fourth-order valence-electron chi connectivity index (χ4n) is 1.11. The molecule has 4 heteroatoms. The predicted octanol–water partition coefficient (Wildman–Crippen LogP) is 3.51. The maximum Gasteiger partial charge on any atom is 0.0931 e. The van der Waals surface area contributed by atoms with E-state index in [2.05, 4.69) is 5.38 Å². The molecule has 0 saturated heterocycles. The van der Waals surface area contributed by atoms with Crippen LogP contribution in [-0.4, -0.2) is 0 Å². The van der Waals surface area contributed by atoms with E-state index in [1.807, 2.05) is 23.6 Å². The van der Waals surface area contributed by atoms with Gasteiger partial charge >= 0.3 is 0 Å². The van der Waals surface area contributed by atoms with Gasteiger partial charge in [0.15, 0.2) is 0 Å². The summed E-state index contributed by atoms with van der Waals surface area (Å²) in [7, 11) is 0. The summed E-state index contributed by atoms with van der Waals surface area (Å²) < 4.78 is 0.792. The Morgan fingerprint density at radius 3 is 2.69 bits per heavy atom. The van der Waals surface area contributed by atoms with Gasteiger partial charge in [-0.2, -0.15) is 11.3 Å². The van der Waals surface area contributed by atoms with Gasteiger partial charge < -0.3 is 5.73 Å². The Hall–Kier alpha value is -0.350. The fraction of sp³-hybridized carbons (Fsp3) is 0.111. The third kappa shape index (κ3) is 1.94. The first kappa shape index (κ1) is 9.21. The first-order valence-electron chi connectivity index (χ1n) is 3.80. The van der Waals surface area contributed by atoms with Crippen molar-refractivity contribution in [1.29, 1.82) is 0 Å². The molecule has 0 spiro atoms. The van der Waals surface area contributed by atoms with Crippen molar-refractivity contribution in [1.82, 2.24) is 0 Å². The van der Waals surface area contributed by atoms with Gasteiger partial charge in [-0.15, -0.1) is 11.3 Å². The molecular weight excluding hydrogens is 222 g/mol. The molecule has 68 valence electrons. The molecule has 13 heavy (non-hydrogen) atoms. The highest BCUT2D eigenvalue weighted by molar-refractivity contribution is 7.16. The van der Waals surface area contributed by atoms with Crippen molar-refractivity contribution in [2.75, 3.05) is 0 Å². The first-order chi connectivity index (χ1) is 6.27. The molecule has 2 N–H and O–H groups in total. The molecule has 0 saturated carbocycles. The quantitative estimate of drug-likeness (QED) is 0.838. The second-order valence-electron chi connectivity index (χ2n) is 2.68. The second kappa shape index (κ2) is 3.80. The molecule has 2 heterocycles. The Labute approximate surface area is 89.8 Å². The molecule has 0 bridgehead atoms. The van der Waals surface area contributed by atoms with E-state index in [4.69, 9.17) is 17.3 Å². The van der Waals surface area contributed by atoms with Gasteiger partial charge in [0.1, 0.15) is 0 Å². The molecule has 0 aliphatic heterocycles. The highest BCUT2D eigenvalue weighted by Crippen LogP contribution is 2.30. The summed E-state index contributed by atoms with van der Waals surface area (Å²) >= 11 is 9.03. The lowest BCUT2D eigenvalue weighted by molar-refractivity contribution is 0.899. The van der Waals surface area contributed by atoms with Crippen LogP contribution in [0.15, 0.2) is 29.0 Å². The molecule has 2 aromatic rings. The van der Waals surface area contributed by atoms with E-state index in [0.717, 1.165) is 14.8 Å². The molecule has 0 aliphatic rings. The van der Waals surface area contributed by atoms with Crippen LogP contribution in [-0.2, 0) is 0 Å². The number of hydrogen-bond donors (Lipinski definition) is 1. The summed E-state index contributed by atoms with van der Waals surface area (Å²) in [5.74, 6) is 0. The highest BCUT2D eigenvalue weighted by atomic mass is 35.5. The normalized spacial score (nSPS) is 13.1. The first-order valence-corrected chi connectivity index (χ1v) is 5.94. The number of rotatable bonds is 2. The van der Waals surface area contributed by atoms with Crippen LogP contribution in [0.2, 0.25) is 4.34 Å². The van der Waals surface area contributed by atoms with Crippen molar-refractivity contribution in [2.24, 2.45) is 5.73 Å². The van der Waals surface area contributed by atoms with E-state index in [9.17, 15) is 0 Å². The summed E-state index contributed by atoms with van der Waals surface area (Å²) in [4.78, 5) is 1.11. The Morgan fingerprint density at radius 2 is 2.15 bits per heavy atom. The second-order valence-corrected chi connectivity index (χ2v) is 5.20. The Bertz CT molecular complexity index is 380. The molecule has 0 unspecified atom stereocenters. The molecule has 2 aromatic heterocycles. The van der Waals surface area contributed by atoms with E-state index in [-0.39, 0.29) is 6.04 Å². The third-order valence-electron chi connectivity index (χ3n) is 1.80. The zero-order valence-corrected chi connectivity index (χ0v) is 9.12. The van der Waals surface area contributed by atoms with Crippen molar-refractivity contribution in [3.8, 4) is 0 Å². The topological polar surface area (TPSA) is 26.0 Å². The Balaban J connectivity index is 2.28. The van der Waals surface area contributed by atoms with Gasteiger partial charge in [0.05, 0.1) is 10.4 Å². The minimum absolute atomic E-state index is 0.0243. The monoisotopic (exact) mass is 229 g/mol. The van der Waals surface area contributed by atoms with E-state index >= 15 is 0 Å². The van der Waals surface area contributed by atoms with Crippen LogP contribution < -0.4 is 5.73 Å².